The lowest BCUT2D eigenvalue weighted by Gasteiger charge is -2.47. The second kappa shape index (κ2) is 7.43. The number of anilines is 2. The fourth-order valence-electron chi connectivity index (χ4n) is 2.71. The van der Waals surface area contributed by atoms with Gasteiger partial charge in [0.2, 0.25) is 0 Å². The summed E-state index contributed by atoms with van der Waals surface area (Å²) in [5.41, 5.74) is 1.39. The lowest BCUT2D eigenvalue weighted by atomic mass is 10.1. The van der Waals surface area contributed by atoms with E-state index in [4.69, 9.17) is 23.2 Å². The van der Waals surface area contributed by atoms with Gasteiger partial charge in [-0.25, -0.2) is 0 Å². The molecule has 0 aromatic heterocycles. The molecule has 0 radical (unpaired) electrons. The molecule has 0 aliphatic carbocycles. The van der Waals surface area contributed by atoms with Crippen LogP contribution in [-0.4, -0.2) is 27.3 Å². The smallest absolute Gasteiger partial charge is 0.257 e. The monoisotopic (exact) mass is 400 g/mol. The Morgan fingerprint density at radius 3 is 2.64 bits per heavy atom. The van der Waals surface area contributed by atoms with E-state index in [1.54, 1.807) is 46.8 Å². The van der Waals surface area contributed by atoms with Crippen molar-refractivity contribution < 1.29 is 13.9 Å². The summed E-state index contributed by atoms with van der Waals surface area (Å²) in [6.45, 7) is 0.527. The van der Waals surface area contributed by atoms with E-state index in [1.807, 2.05) is 0 Å². The molecule has 25 heavy (non-hydrogen) atoms. The molecule has 0 saturated carbocycles. The van der Waals surface area contributed by atoms with Crippen LogP contribution in [0.25, 0.3) is 0 Å². The SMILES string of the molecule is O=C(Nc1cccc(Cl)c1)c1cc(N2CCCCS2(O)O)ccc1Cl. The van der Waals surface area contributed by atoms with Gasteiger partial charge in [-0.2, -0.15) is 0 Å². The lowest BCUT2D eigenvalue weighted by molar-refractivity contribution is 0.102. The largest absolute Gasteiger partial charge is 0.322 e. The van der Waals surface area contributed by atoms with E-state index < -0.39 is 10.8 Å². The summed E-state index contributed by atoms with van der Waals surface area (Å²) in [5, 5.41) is 3.55. The highest BCUT2D eigenvalue weighted by molar-refractivity contribution is 8.25. The molecule has 3 N–H and O–H groups in total. The third-order valence-corrected chi connectivity index (χ3v) is 6.45. The molecule has 1 aliphatic heterocycles. The van der Waals surface area contributed by atoms with Crippen LogP contribution in [-0.2, 0) is 0 Å². The molecule has 1 heterocycles. The number of nitrogens with one attached hydrogen (secondary N) is 1. The minimum Gasteiger partial charge on any atom is -0.322 e. The average molecular weight is 401 g/mol. The lowest BCUT2D eigenvalue weighted by Crippen LogP contribution is -2.34. The maximum absolute atomic E-state index is 12.6. The highest BCUT2D eigenvalue weighted by Gasteiger charge is 2.27. The van der Waals surface area contributed by atoms with E-state index in [1.165, 1.54) is 0 Å². The van der Waals surface area contributed by atoms with Crippen molar-refractivity contribution in [2.24, 2.45) is 0 Å². The van der Waals surface area contributed by atoms with Crippen LogP contribution in [0.15, 0.2) is 42.5 Å². The Balaban J connectivity index is 1.87. The molecule has 0 atom stereocenters. The van der Waals surface area contributed by atoms with Crippen molar-refractivity contribution in [1.29, 1.82) is 0 Å². The second-order valence-electron chi connectivity index (χ2n) is 5.77. The van der Waals surface area contributed by atoms with Crippen molar-refractivity contribution >= 4 is 51.3 Å². The molecule has 1 amide bonds. The predicted octanol–water partition coefficient (Wildman–Crippen LogP) is 5.51. The van der Waals surface area contributed by atoms with Crippen LogP contribution in [0.1, 0.15) is 23.2 Å². The van der Waals surface area contributed by atoms with E-state index in [0.717, 1.165) is 12.8 Å². The summed E-state index contributed by atoms with van der Waals surface area (Å²) < 4.78 is 22.1. The highest BCUT2D eigenvalue weighted by atomic mass is 35.5. The van der Waals surface area contributed by atoms with Gasteiger partial charge in [0.25, 0.3) is 5.91 Å². The first kappa shape index (κ1) is 18.4. The summed E-state index contributed by atoms with van der Waals surface area (Å²) >= 11 is 12.1. The minimum absolute atomic E-state index is 0.264. The zero-order valence-corrected chi connectivity index (χ0v) is 15.6. The first-order valence-electron chi connectivity index (χ1n) is 7.77. The van der Waals surface area contributed by atoms with E-state index in [9.17, 15) is 13.9 Å². The minimum atomic E-state index is -2.86. The number of hydrogen-bond donors (Lipinski definition) is 3. The van der Waals surface area contributed by atoms with Crippen LogP contribution in [0.5, 0.6) is 0 Å². The van der Waals surface area contributed by atoms with Crippen molar-refractivity contribution in [3.63, 3.8) is 0 Å². The van der Waals surface area contributed by atoms with Gasteiger partial charge in [0.1, 0.15) is 0 Å². The molecule has 5 nitrogen and oxygen atoms in total. The van der Waals surface area contributed by atoms with Gasteiger partial charge in [0.05, 0.1) is 22.0 Å². The first-order chi connectivity index (χ1) is 11.9. The van der Waals surface area contributed by atoms with E-state index in [2.05, 4.69) is 5.32 Å². The van der Waals surface area contributed by atoms with E-state index in [-0.39, 0.29) is 16.5 Å². The Kier molecular flexibility index (Phi) is 5.46. The number of amides is 1. The second-order valence-corrected chi connectivity index (χ2v) is 8.73. The normalized spacial score (nSPS) is 17.8. The van der Waals surface area contributed by atoms with Gasteiger partial charge in [0, 0.05) is 17.3 Å². The van der Waals surface area contributed by atoms with Gasteiger partial charge >= 0.3 is 0 Å². The van der Waals surface area contributed by atoms with Crippen LogP contribution in [0.3, 0.4) is 0 Å². The third kappa shape index (κ3) is 4.22. The maximum atomic E-state index is 12.6. The number of hydrogen-bond acceptors (Lipinski definition) is 4. The zero-order valence-electron chi connectivity index (χ0n) is 13.3. The highest BCUT2D eigenvalue weighted by Crippen LogP contribution is 2.49. The van der Waals surface area contributed by atoms with Crippen molar-refractivity contribution in [3.8, 4) is 0 Å². The molecule has 2 aromatic rings. The molecule has 0 bridgehead atoms. The van der Waals surface area contributed by atoms with Gasteiger partial charge in [-0.1, -0.05) is 29.3 Å². The summed E-state index contributed by atoms with van der Waals surface area (Å²) in [5.74, 6) is -0.0535. The molecule has 2 aromatic carbocycles. The van der Waals surface area contributed by atoms with E-state index >= 15 is 0 Å². The topological polar surface area (TPSA) is 72.8 Å². The molecule has 134 valence electrons. The van der Waals surface area contributed by atoms with Gasteiger partial charge < -0.3 is 5.32 Å². The summed E-state index contributed by atoms with van der Waals surface area (Å²) in [7, 11) is -2.86. The average Bonchev–Trinajstić information content (AvgIpc) is 2.55. The molecule has 1 fully saturated rings. The summed E-state index contributed by atoms with van der Waals surface area (Å²) in [4.78, 5) is 12.6. The molecular weight excluding hydrogens is 383 g/mol. The Morgan fingerprint density at radius 2 is 1.92 bits per heavy atom. The van der Waals surface area contributed by atoms with Crippen molar-refractivity contribution in [1.82, 2.24) is 0 Å². The zero-order chi connectivity index (χ0) is 18.0. The summed E-state index contributed by atoms with van der Waals surface area (Å²) in [6.07, 6.45) is 1.64. The number of halogens is 2. The van der Waals surface area contributed by atoms with Crippen molar-refractivity contribution in [2.45, 2.75) is 12.8 Å². The quantitative estimate of drug-likeness (QED) is 0.634. The standard InChI is InChI=1S/C17H18Cl2N2O3S/c18-12-4-3-5-13(10-12)20-17(22)15-11-14(6-7-16(15)19)21-8-1-2-9-25(21,23)24/h3-7,10-11,23-24H,1-2,8-9H2,(H,20,22). The Morgan fingerprint density at radius 1 is 1.12 bits per heavy atom. The number of carbonyl (C=O) groups excluding carboxylic acids is 1. The Hall–Kier alpha value is -1.44. The molecule has 0 spiro atoms. The molecule has 1 saturated heterocycles. The molecular formula is C17H18Cl2N2O3S. The van der Waals surface area contributed by atoms with Crippen LogP contribution >= 0.6 is 34.0 Å². The fraction of sp³-hybridized carbons (Fsp3) is 0.235. The number of rotatable bonds is 3. The van der Waals surface area contributed by atoms with Gasteiger partial charge in [-0.05, 0) is 49.2 Å². The van der Waals surface area contributed by atoms with Crippen molar-refractivity contribution in [3.05, 3.63) is 58.1 Å². The van der Waals surface area contributed by atoms with Crippen LogP contribution in [0, 0.1) is 0 Å². The third-order valence-electron chi connectivity index (χ3n) is 3.95. The molecule has 8 heteroatoms. The maximum Gasteiger partial charge on any atom is 0.257 e. The number of nitrogens with zero attached hydrogens (tertiary/aromatic N) is 1. The van der Waals surface area contributed by atoms with Crippen LogP contribution < -0.4 is 9.62 Å². The van der Waals surface area contributed by atoms with Crippen molar-refractivity contribution in [2.75, 3.05) is 21.9 Å². The van der Waals surface area contributed by atoms with Gasteiger partial charge in [0.15, 0.2) is 0 Å². The Bertz CT molecular complexity index is 801. The van der Waals surface area contributed by atoms with Gasteiger partial charge in [-0.15, -0.1) is 10.8 Å². The van der Waals surface area contributed by atoms with Crippen LogP contribution in [0.4, 0.5) is 11.4 Å². The van der Waals surface area contributed by atoms with Crippen LogP contribution in [0.2, 0.25) is 10.0 Å². The fourth-order valence-corrected chi connectivity index (χ4v) is 4.79. The predicted molar refractivity (Wildman–Crippen MR) is 105 cm³/mol. The molecule has 1 aliphatic rings. The number of benzene rings is 2. The number of carbonyl (C=O) groups is 1. The summed E-state index contributed by atoms with van der Waals surface area (Å²) in [6, 6.07) is 11.7. The Labute approximate surface area is 158 Å². The first-order valence-corrected chi connectivity index (χ1v) is 10.2. The van der Waals surface area contributed by atoms with E-state index in [0.29, 0.717) is 28.7 Å². The van der Waals surface area contributed by atoms with Gasteiger partial charge in [-0.3, -0.25) is 18.2 Å². The molecule has 3 rings (SSSR count). The molecule has 0 unspecified atom stereocenters.